The number of aldehydes is 2. The van der Waals surface area contributed by atoms with Crippen LogP contribution in [0.4, 0.5) is 4.79 Å². The van der Waals surface area contributed by atoms with E-state index in [1.54, 1.807) is 20.8 Å². The van der Waals surface area contributed by atoms with Gasteiger partial charge in [-0.25, -0.2) is 4.79 Å². The number of carbonyl (C=O) groups excluding carboxylic acids is 3. The highest BCUT2D eigenvalue weighted by atomic mass is 16.6. The van der Waals surface area contributed by atoms with Gasteiger partial charge in [-0.2, -0.15) is 0 Å². The Morgan fingerprint density at radius 3 is 0.982 bits per heavy atom. The van der Waals surface area contributed by atoms with Crippen molar-refractivity contribution in [2.45, 2.75) is 78.5 Å². The van der Waals surface area contributed by atoms with Crippen molar-refractivity contribution >= 4 is 18.7 Å². The molecule has 9 nitrogen and oxygen atoms in total. The molecular formula is C47H59NO8. The van der Waals surface area contributed by atoms with Crippen molar-refractivity contribution in [2.75, 3.05) is 39.5 Å². The average Bonchev–Trinajstić information content (AvgIpc) is 3.21. The van der Waals surface area contributed by atoms with Gasteiger partial charge < -0.3 is 38.2 Å². The van der Waals surface area contributed by atoms with E-state index in [-0.39, 0.29) is 39.5 Å². The molecule has 0 unspecified atom stereocenters. The van der Waals surface area contributed by atoms with Crippen LogP contribution in [0.1, 0.15) is 68.7 Å². The Kier molecular flexibility index (Phi) is 18.4. The van der Waals surface area contributed by atoms with Crippen molar-refractivity contribution in [1.82, 2.24) is 4.90 Å². The van der Waals surface area contributed by atoms with E-state index in [9.17, 15) is 14.4 Å². The van der Waals surface area contributed by atoms with Gasteiger partial charge in [-0.3, -0.25) is 0 Å². The summed E-state index contributed by atoms with van der Waals surface area (Å²) in [5.41, 5.74) is 1.13. The highest BCUT2D eigenvalue weighted by molar-refractivity contribution is 5.71. The molecule has 4 aromatic carbocycles. The first-order chi connectivity index (χ1) is 27.1. The molecule has 0 N–H and O–H groups in total. The SMILES string of the molecule is CC(C)(C)OC(=O)N(CC(C=O)(CCOCc1ccccc1)CCOCc1ccccc1)CC(C=O)(CCOCc1ccccc1)CCOCc1ccccc1. The molecule has 300 valence electrons. The van der Waals surface area contributed by atoms with E-state index in [4.69, 9.17) is 23.7 Å². The van der Waals surface area contributed by atoms with Gasteiger partial charge in [0.15, 0.2) is 0 Å². The Labute approximate surface area is 333 Å². The molecule has 0 aromatic heterocycles. The molecular weight excluding hydrogens is 707 g/mol. The van der Waals surface area contributed by atoms with E-state index in [1.165, 1.54) is 4.90 Å². The fourth-order valence-electron chi connectivity index (χ4n) is 6.31. The maximum Gasteiger partial charge on any atom is 0.410 e. The first kappa shape index (κ1) is 44.0. The minimum absolute atomic E-state index is 0.000141. The van der Waals surface area contributed by atoms with Crippen LogP contribution in [0, 0.1) is 10.8 Å². The molecule has 0 atom stereocenters. The monoisotopic (exact) mass is 765 g/mol. The van der Waals surface area contributed by atoms with E-state index in [0.717, 1.165) is 34.8 Å². The summed E-state index contributed by atoms with van der Waals surface area (Å²) in [4.78, 5) is 42.3. The van der Waals surface area contributed by atoms with E-state index < -0.39 is 22.5 Å². The molecule has 4 aromatic rings. The second kappa shape index (κ2) is 23.4. The summed E-state index contributed by atoms with van der Waals surface area (Å²) in [6.07, 6.45) is 2.52. The molecule has 0 radical (unpaired) electrons. The summed E-state index contributed by atoms with van der Waals surface area (Å²) < 4.78 is 30.3. The maximum atomic E-state index is 14.2. The molecule has 0 aliphatic heterocycles. The molecule has 56 heavy (non-hydrogen) atoms. The normalized spacial score (nSPS) is 11.9. The van der Waals surface area contributed by atoms with Gasteiger partial charge in [-0.15, -0.1) is 0 Å². The third-order valence-electron chi connectivity index (χ3n) is 9.59. The van der Waals surface area contributed by atoms with Crippen LogP contribution < -0.4 is 0 Å². The molecule has 4 rings (SSSR count). The number of benzene rings is 4. The van der Waals surface area contributed by atoms with Crippen LogP contribution >= 0.6 is 0 Å². The molecule has 0 bridgehead atoms. The van der Waals surface area contributed by atoms with Gasteiger partial charge in [-0.1, -0.05) is 121 Å². The smallest absolute Gasteiger partial charge is 0.410 e. The predicted molar refractivity (Wildman–Crippen MR) is 218 cm³/mol. The summed E-state index contributed by atoms with van der Waals surface area (Å²) in [6, 6.07) is 39.3. The Hall–Kier alpha value is -4.67. The van der Waals surface area contributed by atoms with Crippen molar-refractivity contribution in [3.05, 3.63) is 144 Å². The lowest BCUT2D eigenvalue weighted by Gasteiger charge is -2.40. The van der Waals surface area contributed by atoms with Gasteiger partial charge in [0.1, 0.15) is 18.2 Å². The Bertz CT molecular complexity index is 1470. The van der Waals surface area contributed by atoms with E-state index in [1.807, 2.05) is 121 Å². The highest BCUT2D eigenvalue weighted by Crippen LogP contribution is 2.32. The first-order valence-electron chi connectivity index (χ1n) is 19.5. The van der Waals surface area contributed by atoms with Crippen LogP contribution in [-0.2, 0) is 59.7 Å². The number of hydrogen-bond donors (Lipinski definition) is 0. The van der Waals surface area contributed by atoms with Crippen molar-refractivity contribution in [1.29, 1.82) is 0 Å². The number of nitrogens with zero attached hydrogens (tertiary/aromatic N) is 1. The average molecular weight is 766 g/mol. The highest BCUT2D eigenvalue weighted by Gasteiger charge is 2.40. The first-order valence-corrected chi connectivity index (χ1v) is 19.5. The van der Waals surface area contributed by atoms with Gasteiger partial charge in [0, 0.05) is 50.3 Å². The molecule has 0 heterocycles. The molecule has 0 fully saturated rings. The van der Waals surface area contributed by atoms with Crippen molar-refractivity contribution in [3.63, 3.8) is 0 Å². The van der Waals surface area contributed by atoms with Crippen molar-refractivity contribution < 1.29 is 38.1 Å². The lowest BCUT2D eigenvalue weighted by Crippen LogP contribution is -2.50. The van der Waals surface area contributed by atoms with Gasteiger partial charge in [0.2, 0.25) is 0 Å². The van der Waals surface area contributed by atoms with Crippen LogP contribution in [0.5, 0.6) is 0 Å². The van der Waals surface area contributed by atoms with Gasteiger partial charge in [0.05, 0.1) is 26.4 Å². The number of amides is 1. The fourth-order valence-corrected chi connectivity index (χ4v) is 6.31. The Balaban J connectivity index is 1.56. The van der Waals surface area contributed by atoms with Gasteiger partial charge >= 0.3 is 6.09 Å². The molecule has 0 aliphatic rings. The third-order valence-corrected chi connectivity index (χ3v) is 9.59. The zero-order valence-corrected chi connectivity index (χ0v) is 33.3. The molecule has 0 spiro atoms. The summed E-state index contributed by atoms with van der Waals surface area (Å²) in [7, 11) is 0. The molecule has 0 aliphatic carbocycles. The minimum Gasteiger partial charge on any atom is -0.444 e. The van der Waals surface area contributed by atoms with Crippen LogP contribution in [0.25, 0.3) is 0 Å². The van der Waals surface area contributed by atoms with Gasteiger partial charge in [0.25, 0.3) is 0 Å². The van der Waals surface area contributed by atoms with Crippen LogP contribution in [0.15, 0.2) is 121 Å². The summed E-state index contributed by atoms with van der Waals surface area (Å²) in [5, 5.41) is 0. The number of ether oxygens (including phenoxy) is 5. The van der Waals surface area contributed by atoms with E-state index in [2.05, 4.69) is 0 Å². The standard InChI is InChI=1S/C47H59NO8/c1-45(2,3)56-44(51)48(36-46(38-49,24-28-52-32-40-16-8-4-9-17-40)25-29-53-33-41-18-10-5-11-19-41)37-47(39-50,26-30-54-34-42-20-12-6-13-21-42)27-31-55-35-43-22-14-7-15-23-43/h4-23,38-39H,24-37H2,1-3H3. The summed E-state index contributed by atoms with van der Waals surface area (Å²) in [6.45, 7) is 8.02. The summed E-state index contributed by atoms with van der Waals surface area (Å²) >= 11 is 0. The Morgan fingerprint density at radius 2 is 0.750 bits per heavy atom. The van der Waals surface area contributed by atoms with E-state index >= 15 is 0 Å². The van der Waals surface area contributed by atoms with Crippen molar-refractivity contribution in [3.8, 4) is 0 Å². The minimum atomic E-state index is -1.06. The topological polar surface area (TPSA) is 101 Å². The second-order valence-electron chi connectivity index (χ2n) is 15.4. The number of carbonyl (C=O) groups is 3. The summed E-state index contributed by atoms with van der Waals surface area (Å²) in [5.74, 6) is 0. The Morgan fingerprint density at radius 1 is 0.482 bits per heavy atom. The quantitative estimate of drug-likeness (QED) is 0.0462. The second-order valence-corrected chi connectivity index (χ2v) is 15.4. The number of hydrogen-bond acceptors (Lipinski definition) is 8. The maximum absolute atomic E-state index is 14.2. The van der Waals surface area contributed by atoms with Crippen LogP contribution in [-0.4, -0.2) is 68.7 Å². The molecule has 9 heteroatoms. The lowest BCUT2D eigenvalue weighted by molar-refractivity contribution is -0.122. The zero-order chi connectivity index (χ0) is 40.0. The number of rotatable bonds is 26. The zero-order valence-electron chi connectivity index (χ0n) is 33.3. The fraction of sp³-hybridized carbons (Fsp3) is 0.426. The predicted octanol–water partition coefficient (Wildman–Crippen LogP) is 9.02. The van der Waals surface area contributed by atoms with Gasteiger partial charge in [-0.05, 0) is 68.7 Å². The van der Waals surface area contributed by atoms with Crippen LogP contribution in [0.2, 0.25) is 0 Å². The van der Waals surface area contributed by atoms with Crippen molar-refractivity contribution in [2.24, 2.45) is 10.8 Å². The third kappa shape index (κ3) is 16.2. The van der Waals surface area contributed by atoms with E-state index in [0.29, 0.717) is 52.1 Å². The lowest BCUT2D eigenvalue weighted by atomic mass is 9.79. The molecule has 1 amide bonds. The van der Waals surface area contributed by atoms with Crippen LogP contribution in [0.3, 0.4) is 0 Å². The molecule has 0 saturated heterocycles. The molecule has 0 saturated carbocycles. The largest absolute Gasteiger partial charge is 0.444 e.